The van der Waals surface area contributed by atoms with E-state index >= 15 is 0 Å². The fourth-order valence-corrected chi connectivity index (χ4v) is 4.71. The molecule has 1 aromatic rings. The molecule has 0 aliphatic heterocycles. The monoisotopic (exact) mass is 287 g/mol. The van der Waals surface area contributed by atoms with Gasteiger partial charge in [-0.2, -0.15) is 0 Å². The van der Waals surface area contributed by atoms with Gasteiger partial charge in [-0.05, 0) is 44.8 Å². The number of benzene rings is 1. The van der Waals surface area contributed by atoms with Crippen molar-refractivity contribution in [2.75, 3.05) is 20.6 Å². The Morgan fingerprint density at radius 2 is 2.00 bits per heavy atom. The Bertz CT molecular complexity index is 513. The summed E-state index contributed by atoms with van der Waals surface area (Å²) >= 11 is 0. The lowest BCUT2D eigenvalue weighted by molar-refractivity contribution is -0.174. The van der Waals surface area contributed by atoms with Crippen molar-refractivity contribution < 1.29 is 9.53 Å². The van der Waals surface area contributed by atoms with Crippen molar-refractivity contribution >= 4 is 5.97 Å². The van der Waals surface area contributed by atoms with Gasteiger partial charge in [0, 0.05) is 25.3 Å². The van der Waals surface area contributed by atoms with Crippen LogP contribution in [0.2, 0.25) is 0 Å². The van der Waals surface area contributed by atoms with Gasteiger partial charge in [0.05, 0.1) is 0 Å². The Labute approximate surface area is 127 Å². The van der Waals surface area contributed by atoms with E-state index in [4.69, 9.17) is 4.74 Å². The van der Waals surface area contributed by atoms with E-state index in [1.54, 1.807) is 6.92 Å². The third-order valence-electron chi connectivity index (χ3n) is 5.30. The van der Waals surface area contributed by atoms with E-state index in [-0.39, 0.29) is 5.97 Å². The van der Waals surface area contributed by atoms with Gasteiger partial charge in [0.25, 0.3) is 0 Å². The van der Waals surface area contributed by atoms with Crippen LogP contribution in [0, 0.1) is 17.8 Å². The van der Waals surface area contributed by atoms with Crippen LogP contribution < -0.4 is 0 Å². The molecule has 21 heavy (non-hydrogen) atoms. The summed E-state index contributed by atoms with van der Waals surface area (Å²) in [7, 11) is 4.21. The Morgan fingerprint density at radius 1 is 1.29 bits per heavy atom. The first-order valence-corrected chi connectivity index (χ1v) is 7.94. The van der Waals surface area contributed by atoms with Gasteiger partial charge < -0.3 is 9.64 Å². The van der Waals surface area contributed by atoms with Crippen LogP contribution in [0.25, 0.3) is 0 Å². The highest BCUT2D eigenvalue weighted by Crippen LogP contribution is 2.61. The molecule has 2 fully saturated rings. The molecule has 2 aliphatic rings. The smallest absolute Gasteiger partial charge is 0.303 e. The fraction of sp³-hybridized carbons (Fsp3) is 0.611. The third kappa shape index (κ3) is 2.38. The molecule has 3 heteroatoms. The largest absolute Gasteiger partial charge is 0.454 e. The topological polar surface area (TPSA) is 29.5 Å². The number of fused-ring (bicyclic) bond motifs is 2. The molecule has 0 aromatic heterocycles. The number of carbonyl (C=O) groups is 1. The number of ether oxygens (including phenoxy) is 1. The molecule has 0 unspecified atom stereocenters. The number of rotatable bonds is 4. The first-order chi connectivity index (χ1) is 10.0. The zero-order valence-corrected chi connectivity index (χ0v) is 13.2. The van der Waals surface area contributed by atoms with Crippen LogP contribution in [0.15, 0.2) is 30.3 Å². The fourth-order valence-electron chi connectivity index (χ4n) is 4.71. The van der Waals surface area contributed by atoms with Crippen molar-refractivity contribution in [3.8, 4) is 0 Å². The Morgan fingerprint density at radius 3 is 2.62 bits per heavy atom. The zero-order chi connectivity index (χ0) is 15.0. The summed E-state index contributed by atoms with van der Waals surface area (Å²) in [5, 5.41) is 0. The molecule has 0 spiro atoms. The first-order valence-electron chi connectivity index (χ1n) is 7.94. The van der Waals surface area contributed by atoms with Crippen LogP contribution in [-0.4, -0.2) is 31.5 Å². The van der Waals surface area contributed by atoms with E-state index in [0.717, 1.165) is 6.54 Å². The molecule has 0 N–H and O–H groups in total. The summed E-state index contributed by atoms with van der Waals surface area (Å²) in [6.45, 7) is 2.52. The van der Waals surface area contributed by atoms with Gasteiger partial charge in [-0.25, -0.2) is 0 Å². The molecular weight excluding hydrogens is 262 g/mol. The molecule has 114 valence electrons. The van der Waals surface area contributed by atoms with Crippen molar-refractivity contribution in [2.24, 2.45) is 17.8 Å². The molecule has 4 atom stereocenters. The van der Waals surface area contributed by atoms with E-state index in [2.05, 4.69) is 43.3 Å². The molecule has 3 rings (SSSR count). The van der Waals surface area contributed by atoms with E-state index in [0.29, 0.717) is 17.8 Å². The molecular formula is C18H25NO2. The van der Waals surface area contributed by atoms with Gasteiger partial charge in [-0.3, -0.25) is 4.79 Å². The minimum absolute atomic E-state index is 0.157. The molecule has 0 heterocycles. The van der Waals surface area contributed by atoms with Crippen LogP contribution >= 0.6 is 0 Å². The molecule has 0 saturated heterocycles. The Hall–Kier alpha value is -1.35. The lowest BCUT2D eigenvalue weighted by Crippen LogP contribution is -2.48. The van der Waals surface area contributed by atoms with Gasteiger partial charge in [0.2, 0.25) is 0 Å². The number of carbonyl (C=O) groups excluding carboxylic acids is 1. The minimum atomic E-state index is -0.416. The highest BCUT2D eigenvalue weighted by atomic mass is 16.6. The first kappa shape index (κ1) is 14.6. The zero-order valence-electron chi connectivity index (χ0n) is 13.2. The van der Waals surface area contributed by atoms with E-state index < -0.39 is 5.60 Å². The normalized spacial score (nSPS) is 34.4. The second-order valence-corrected chi connectivity index (χ2v) is 6.89. The predicted octanol–water partition coefficient (Wildman–Crippen LogP) is 3.05. The standard InChI is InChI=1S/C18H25NO2/c1-13(20)21-18(15-7-5-4-6-8-15)16-10-9-14(11-16)17(18)12-19(2)3/h4-8,14,16-17H,9-12H2,1-3H3/t14-,16+,17+,18+/m1/s1. The quantitative estimate of drug-likeness (QED) is 0.797. The summed E-state index contributed by atoms with van der Waals surface area (Å²) in [5.41, 5.74) is 0.763. The number of hydrogen-bond acceptors (Lipinski definition) is 3. The summed E-state index contributed by atoms with van der Waals surface area (Å²) in [5.74, 6) is 1.39. The second-order valence-electron chi connectivity index (χ2n) is 6.89. The number of esters is 1. The van der Waals surface area contributed by atoms with Crippen molar-refractivity contribution in [1.29, 1.82) is 0 Å². The molecule has 2 bridgehead atoms. The maximum absolute atomic E-state index is 11.9. The summed E-state index contributed by atoms with van der Waals surface area (Å²) < 4.78 is 6.07. The van der Waals surface area contributed by atoms with Crippen LogP contribution in [0.3, 0.4) is 0 Å². The van der Waals surface area contributed by atoms with Crippen molar-refractivity contribution in [1.82, 2.24) is 4.90 Å². The summed E-state index contributed by atoms with van der Waals surface area (Å²) in [6, 6.07) is 10.4. The molecule has 1 aromatic carbocycles. The number of hydrogen-bond donors (Lipinski definition) is 0. The highest BCUT2D eigenvalue weighted by molar-refractivity contribution is 5.67. The van der Waals surface area contributed by atoms with Gasteiger partial charge in [0.1, 0.15) is 5.60 Å². The molecule has 0 amide bonds. The molecule has 2 aliphatic carbocycles. The molecule has 3 nitrogen and oxygen atoms in total. The van der Waals surface area contributed by atoms with E-state index in [1.807, 2.05) is 6.07 Å². The van der Waals surface area contributed by atoms with Crippen LogP contribution in [0.5, 0.6) is 0 Å². The maximum atomic E-state index is 11.9. The minimum Gasteiger partial charge on any atom is -0.454 e. The van der Waals surface area contributed by atoms with E-state index in [9.17, 15) is 4.79 Å². The van der Waals surface area contributed by atoms with Gasteiger partial charge >= 0.3 is 5.97 Å². The lowest BCUT2D eigenvalue weighted by atomic mass is 9.71. The molecule has 0 radical (unpaired) electrons. The van der Waals surface area contributed by atoms with Crippen LogP contribution in [0.4, 0.5) is 0 Å². The predicted molar refractivity (Wildman–Crippen MR) is 82.8 cm³/mol. The van der Waals surface area contributed by atoms with Crippen LogP contribution in [0.1, 0.15) is 31.7 Å². The SMILES string of the molecule is CC(=O)O[C@@]1(c2ccccc2)[C@H]2CC[C@H](C2)[C@@H]1CN(C)C. The van der Waals surface area contributed by atoms with Crippen LogP contribution in [-0.2, 0) is 15.1 Å². The second kappa shape index (κ2) is 5.45. The average Bonchev–Trinajstić information content (AvgIpc) is 3.01. The maximum Gasteiger partial charge on any atom is 0.303 e. The Balaban J connectivity index is 2.06. The Kier molecular flexibility index (Phi) is 3.78. The van der Waals surface area contributed by atoms with Gasteiger partial charge in [-0.1, -0.05) is 30.3 Å². The van der Waals surface area contributed by atoms with Crippen molar-refractivity contribution in [3.63, 3.8) is 0 Å². The average molecular weight is 287 g/mol. The lowest BCUT2D eigenvalue weighted by Gasteiger charge is -2.44. The van der Waals surface area contributed by atoms with Crippen molar-refractivity contribution in [2.45, 2.75) is 31.8 Å². The van der Waals surface area contributed by atoms with Gasteiger partial charge in [-0.15, -0.1) is 0 Å². The summed E-state index contributed by atoms with van der Waals surface area (Å²) in [4.78, 5) is 14.1. The number of nitrogens with zero attached hydrogens (tertiary/aromatic N) is 1. The third-order valence-corrected chi connectivity index (χ3v) is 5.30. The van der Waals surface area contributed by atoms with Gasteiger partial charge in [0.15, 0.2) is 0 Å². The van der Waals surface area contributed by atoms with Crippen molar-refractivity contribution in [3.05, 3.63) is 35.9 Å². The summed E-state index contributed by atoms with van der Waals surface area (Å²) in [6.07, 6.45) is 3.65. The molecule has 2 saturated carbocycles. The highest BCUT2D eigenvalue weighted by Gasteiger charge is 2.61. The van der Waals surface area contributed by atoms with E-state index in [1.165, 1.54) is 24.8 Å².